The summed E-state index contributed by atoms with van der Waals surface area (Å²) in [4.78, 5) is 14.9. The van der Waals surface area contributed by atoms with Gasteiger partial charge in [0.1, 0.15) is 0 Å². The molecule has 0 spiro atoms. The van der Waals surface area contributed by atoms with Crippen molar-refractivity contribution in [3.63, 3.8) is 0 Å². The van der Waals surface area contributed by atoms with Crippen molar-refractivity contribution < 1.29 is 14.6 Å². The van der Waals surface area contributed by atoms with Crippen LogP contribution in [0.3, 0.4) is 0 Å². The van der Waals surface area contributed by atoms with Crippen molar-refractivity contribution in [3.8, 4) is 11.5 Å². The lowest BCUT2D eigenvalue weighted by atomic mass is 10.1. The van der Waals surface area contributed by atoms with E-state index in [2.05, 4.69) is 6.58 Å². The number of methoxy groups -OCH3 is 1. The summed E-state index contributed by atoms with van der Waals surface area (Å²) in [6.07, 6.45) is 3.96. The number of nitrogens with zero attached hydrogens (tertiary/aromatic N) is 1. The summed E-state index contributed by atoms with van der Waals surface area (Å²) in [6, 6.07) is 12.8. The van der Waals surface area contributed by atoms with Gasteiger partial charge in [0.05, 0.1) is 17.7 Å². The Hall–Kier alpha value is -2.57. The highest BCUT2D eigenvalue weighted by Gasteiger charge is 2.33. The van der Waals surface area contributed by atoms with Crippen molar-refractivity contribution in [3.05, 3.63) is 71.2 Å². The molecule has 0 saturated carbocycles. The number of thiocarbonyl (C=S) groups is 1. The van der Waals surface area contributed by atoms with E-state index in [1.54, 1.807) is 18.2 Å². The smallest absolute Gasteiger partial charge is 0.270 e. The molecule has 4 nitrogen and oxygen atoms in total. The maximum absolute atomic E-state index is 12.8. The summed E-state index contributed by atoms with van der Waals surface area (Å²) in [5.74, 6) is 0.277. The molecule has 1 heterocycles. The minimum absolute atomic E-state index is 0.0846. The highest BCUT2D eigenvalue weighted by molar-refractivity contribution is 8.27. The monoisotopic (exact) mass is 383 g/mol. The van der Waals surface area contributed by atoms with Crippen LogP contribution >= 0.6 is 24.0 Å². The first-order valence-electron chi connectivity index (χ1n) is 7.89. The minimum atomic E-state index is -0.163. The standard InChI is InChI=1S/C20H17NO3S2/c1-3-7-14-10-13(11-16(24-2)18(14)22)12-17-19(23)21(20(25)26-17)15-8-5-4-6-9-15/h3-6,8-12,22H,1,7H2,2H3. The van der Waals surface area contributed by atoms with Crippen LogP contribution in [0.2, 0.25) is 0 Å². The molecule has 2 aromatic rings. The van der Waals surface area contributed by atoms with Crippen LogP contribution in [0.15, 0.2) is 60.0 Å². The first-order chi connectivity index (χ1) is 12.5. The number of aromatic hydroxyl groups is 1. The molecule has 0 unspecified atom stereocenters. The third kappa shape index (κ3) is 3.52. The molecular weight excluding hydrogens is 366 g/mol. The van der Waals surface area contributed by atoms with Crippen LogP contribution in [0.5, 0.6) is 11.5 Å². The molecular formula is C20H17NO3S2. The van der Waals surface area contributed by atoms with Crippen LogP contribution in [0.25, 0.3) is 6.08 Å². The zero-order valence-electron chi connectivity index (χ0n) is 14.1. The number of allylic oxidation sites excluding steroid dienone is 1. The third-order valence-electron chi connectivity index (χ3n) is 3.87. The molecule has 1 N–H and O–H groups in total. The molecule has 132 valence electrons. The van der Waals surface area contributed by atoms with Gasteiger partial charge in [-0.25, -0.2) is 0 Å². The summed E-state index contributed by atoms with van der Waals surface area (Å²) >= 11 is 6.63. The number of carbonyl (C=O) groups excluding carboxylic acids is 1. The Morgan fingerprint density at radius 2 is 2.04 bits per heavy atom. The maximum Gasteiger partial charge on any atom is 0.270 e. The largest absolute Gasteiger partial charge is 0.504 e. The Bertz CT molecular complexity index is 907. The van der Waals surface area contributed by atoms with Crippen molar-refractivity contribution in [1.29, 1.82) is 0 Å². The number of hydrogen-bond donors (Lipinski definition) is 1. The highest BCUT2D eigenvalue weighted by Crippen LogP contribution is 2.38. The lowest BCUT2D eigenvalue weighted by Crippen LogP contribution is -2.27. The minimum Gasteiger partial charge on any atom is -0.504 e. The Morgan fingerprint density at radius 3 is 2.69 bits per heavy atom. The normalized spacial score (nSPS) is 15.6. The van der Waals surface area contributed by atoms with E-state index in [-0.39, 0.29) is 11.7 Å². The Balaban J connectivity index is 1.98. The highest BCUT2D eigenvalue weighted by atomic mass is 32.2. The van der Waals surface area contributed by atoms with Crippen LogP contribution in [-0.4, -0.2) is 22.4 Å². The second-order valence-corrected chi connectivity index (χ2v) is 7.25. The molecule has 1 aliphatic heterocycles. The first-order valence-corrected chi connectivity index (χ1v) is 9.11. The van der Waals surface area contributed by atoms with E-state index in [0.717, 1.165) is 11.3 Å². The van der Waals surface area contributed by atoms with Crippen molar-refractivity contribution in [2.45, 2.75) is 6.42 Å². The van der Waals surface area contributed by atoms with Crippen LogP contribution in [0, 0.1) is 0 Å². The van der Waals surface area contributed by atoms with Gasteiger partial charge < -0.3 is 9.84 Å². The maximum atomic E-state index is 12.8. The van der Waals surface area contributed by atoms with Gasteiger partial charge in [-0.1, -0.05) is 48.3 Å². The number of amides is 1. The van der Waals surface area contributed by atoms with E-state index < -0.39 is 0 Å². The fourth-order valence-electron chi connectivity index (χ4n) is 2.66. The summed E-state index contributed by atoms with van der Waals surface area (Å²) < 4.78 is 5.72. The Labute approximate surface area is 161 Å². The molecule has 0 radical (unpaired) electrons. The molecule has 26 heavy (non-hydrogen) atoms. The van der Waals surface area contributed by atoms with E-state index in [9.17, 15) is 9.90 Å². The average Bonchev–Trinajstić information content (AvgIpc) is 2.92. The van der Waals surface area contributed by atoms with Gasteiger partial charge in [-0.05, 0) is 42.3 Å². The van der Waals surface area contributed by atoms with E-state index in [1.165, 1.54) is 23.8 Å². The number of carbonyl (C=O) groups is 1. The first kappa shape index (κ1) is 18.2. The van der Waals surface area contributed by atoms with Gasteiger partial charge in [0.15, 0.2) is 15.8 Å². The van der Waals surface area contributed by atoms with E-state index in [0.29, 0.717) is 27.0 Å². The van der Waals surface area contributed by atoms with Crippen LogP contribution in [0.4, 0.5) is 5.69 Å². The predicted molar refractivity (Wildman–Crippen MR) is 111 cm³/mol. The van der Waals surface area contributed by atoms with E-state index in [1.807, 2.05) is 36.4 Å². The van der Waals surface area contributed by atoms with Crippen LogP contribution in [0.1, 0.15) is 11.1 Å². The fraction of sp³-hybridized carbons (Fsp3) is 0.100. The molecule has 0 aliphatic carbocycles. The number of ether oxygens (including phenoxy) is 1. The summed E-state index contributed by atoms with van der Waals surface area (Å²) in [5.41, 5.74) is 2.18. The number of para-hydroxylation sites is 1. The second kappa shape index (κ2) is 7.76. The lowest BCUT2D eigenvalue weighted by molar-refractivity contribution is -0.113. The molecule has 1 aliphatic rings. The van der Waals surface area contributed by atoms with Gasteiger partial charge >= 0.3 is 0 Å². The average molecular weight is 383 g/mol. The Morgan fingerprint density at radius 1 is 1.31 bits per heavy atom. The van der Waals surface area contributed by atoms with Crippen LogP contribution in [-0.2, 0) is 11.2 Å². The zero-order chi connectivity index (χ0) is 18.7. The predicted octanol–water partition coefficient (Wildman–Crippen LogP) is 4.54. The van der Waals surface area contributed by atoms with E-state index in [4.69, 9.17) is 17.0 Å². The summed E-state index contributed by atoms with van der Waals surface area (Å²) in [5, 5.41) is 10.2. The number of rotatable bonds is 5. The molecule has 1 amide bonds. The van der Waals surface area contributed by atoms with E-state index >= 15 is 0 Å². The quantitative estimate of drug-likeness (QED) is 0.467. The second-order valence-electron chi connectivity index (χ2n) is 5.58. The van der Waals surface area contributed by atoms with Gasteiger partial charge in [-0.2, -0.15) is 0 Å². The van der Waals surface area contributed by atoms with Crippen molar-refractivity contribution in [1.82, 2.24) is 0 Å². The number of benzene rings is 2. The number of phenolic OH excluding ortho intramolecular Hbond substituents is 1. The molecule has 1 fully saturated rings. The van der Waals surface area contributed by atoms with Gasteiger partial charge in [-0.3, -0.25) is 9.69 Å². The number of thioether (sulfide) groups is 1. The zero-order valence-corrected chi connectivity index (χ0v) is 15.8. The molecule has 1 saturated heterocycles. The third-order valence-corrected chi connectivity index (χ3v) is 5.17. The Kier molecular flexibility index (Phi) is 5.44. The number of hydrogen-bond acceptors (Lipinski definition) is 5. The molecule has 0 bridgehead atoms. The summed E-state index contributed by atoms with van der Waals surface area (Å²) in [6.45, 7) is 3.70. The van der Waals surface area contributed by atoms with Gasteiger partial charge in [0.2, 0.25) is 0 Å². The van der Waals surface area contributed by atoms with Crippen molar-refractivity contribution >= 4 is 46.0 Å². The molecule has 6 heteroatoms. The number of phenols is 1. The van der Waals surface area contributed by atoms with Gasteiger partial charge in [-0.15, -0.1) is 6.58 Å². The fourth-order valence-corrected chi connectivity index (χ4v) is 3.96. The van der Waals surface area contributed by atoms with Crippen molar-refractivity contribution in [2.75, 3.05) is 12.0 Å². The van der Waals surface area contributed by atoms with Gasteiger partial charge in [0, 0.05) is 5.56 Å². The molecule has 3 rings (SSSR count). The van der Waals surface area contributed by atoms with Crippen LogP contribution < -0.4 is 9.64 Å². The molecule has 0 atom stereocenters. The summed E-state index contributed by atoms with van der Waals surface area (Å²) in [7, 11) is 1.49. The molecule has 0 aromatic heterocycles. The lowest BCUT2D eigenvalue weighted by Gasteiger charge is -2.13. The number of anilines is 1. The topological polar surface area (TPSA) is 49.8 Å². The van der Waals surface area contributed by atoms with Gasteiger partial charge in [0.25, 0.3) is 5.91 Å². The SMILES string of the molecule is C=CCc1cc(C=C2SC(=S)N(c3ccccc3)C2=O)cc(OC)c1O. The van der Waals surface area contributed by atoms with Crippen molar-refractivity contribution in [2.24, 2.45) is 0 Å². The molecule has 2 aromatic carbocycles.